The number of phenolic OH excluding ortho intramolecular Hbond substituents is 1. The van der Waals surface area contributed by atoms with Crippen molar-refractivity contribution >= 4 is 22.9 Å². The number of carbonyl (C=O) groups is 1. The molecule has 6 nitrogen and oxygen atoms in total. The Hall–Kier alpha value is -2.25. The molecule has 138 valence electrons. The summed E-state index contributed by atoms with van der Waals surface area (Å²) in [5.74, 6) is 0.635. The Morgan fingerprint density at radius 2 is 2.04 bits per heavy atom. The first-order valence-electron chi connectivity index (χ1n) is 8.77. The maximum Gasteiger partial charge on any atom is 0.245 e. The van der Waals surface area contributed by atoms with Gasteiger partial charge in [-0.25, -0.2) is 0 Å². The summed E-state index contributed by atoms with van der Waals surface area (Å²) in [6.45, 7) is 2.37. The highest BCUT2D eigenvalue weighted by atomic mass is 32.1. The largest absolute Gasteiger partial charge is 0.507 e. The number of aliphatic hydroxyl groups excluding tert-OH is 1. The van der Waals surface area contributed by atoms with Gasteiger partial charge in [-0.05, 0) is 23.9 Å². The van der Waals surface area contributed by atoms with Crippen molar-refractivity contribution in [1.82, 2.24) is 0 Å². The van der Waals surface area contributed by atoms with Gasteiger partial charge in [0, 0.05) is 18.2 Å². The first-order chi connectivity index (χ1) is 12.6. The molecule has 0 aliphatic carbocycles. The van der Waals surface area contributed by atoms with Gasteiger partial charge in [0.05, 0.1) is 17.2 Å². The van der Waals surface area contributed by atoms with Crippen LogP contribution in [0.4, 0.5) is 5.69 Å². The highest BCUT2D eigenvalue weighted by molar-refractivity contribution is 7.11. The van der Waals surface area contributed by atoms with E-state index in [-0.39, 0.29) is 18.4 Å². The fraction of sp³-hybridized carbons (Fsp3) is 0.421. The second-order valence-corrected chi connectivity index (χ2v) is 7.50. The normalized spacial score (nSPS) is 20.7. The number of anilines is 1. The molecule has 7 heteroatoms. The number of hydrogen-bond donors (Lipinski definition) is 2. The van der Waals surface area contributed by atoms with Gasteiger partial charge in [-0.15, -0.1) is 11.3 Å². The molecule has 2 N–H and O–H groups in total. The molecule has 2 aliphatic heterocycles. The zero-order valence-electron chi connectivity index (χ0n) is 14.5. The molecule has 4 rings (SSSR count). The molecule has 3 heterocycles. The molecular formula is C19H21NO5S. The molecule has 0 fully saturated rings. The van der Waals surface area contributed by atoms with E-state index in [1.54, 1.807) is 11.0 Å². The topological polar surface area (TPSA) is 79.2 Å². The minimum Gasteiger partial charge on any atom is -0.507 e. The highest BCUT2D eigenvalue weighted by Crippen LogP contribution is 2.53. The standard InChI is InChI=1S/C19H21NO5S/c1-2-3-4-6-20-13-5-7-26-17(13)19(10-21,18(20)23)12-8-15-16(9-14(12)22)25-11-24-15/h5,7-9,21-22H,2-4,6,10-11H2,1H3. The van der Waals surface area contributed by atoms with Gasteiger partial charge in [-0.2, -0.15) is 0 Å². The molecule has 0 spiro atoms. The summed E-state index contributed by atoms with van der Waals surface area (Å²) >= 11 is 1.42. The van der Waals surface area contributed by atoms with E-state index < -0.39 is 12.0 Å². The molecule has 26 heavy (non-hydrogen) atoms. The van der Waals surface area contributed by atoms with Gasteiger partial charge < -0.3 is 24.6 Å². The van der Waals surface area contributed by atoms with Crippen LogP contribution in [0.3, 0.4) is 0 Å². The maximum absolute atomic E-state index is 13.4. The first-order valence-corrected chi connectivity index (χ1v) is 9.65. The zero-order valence-corrected chi connectivity index (χ0v) is 15.3. The van der Waals surface area contributed by atoms with Crippen molar-refractivity contribution in [2.24, 2.45) is 0 Å². The zero-order chi connectivity index (χ0) is 18.3. The lowest BCUT2D eigenvalue weighted by Crippen LogP contribution is -2.44. The van der Waals surface area contributed by atoms with Gasteiger partial charge >= 0.3 is 0 Å². The van der Waals surface area contributed by atoms with Crippen LogP contribution in [0.15, 0.2) is 23.6 Å². The summed E-state index contributed by atoms with van der Waals surface area (Å²) in [4.78, 5) is 15.9. The second-order valence-electron chi connectivity index (χ2n) is 6.58. The van der Waals surface area contributed by atoms with Gasteiger partial charge in [-0.3, -0.25) is 4.79 Å². The third-order valence-electron chi connectivity index (χ3n) is 5.11. The smallest absolute Gasteiger partial charge is 0.245 e. The van der Waals surface area contributed by atoms with E-state index in [2.05, 4.69) is 6.92 Å². The van der Waals surface area contributed by atoms with Crippen molar-refractivity contribution in [3.8, 4) is 17.2 Å². The molecule has 0 saturated heterocycles. The van der Waals surface area contributed by atoms with E-state index in [0.717, 1.165) is 29.8 Å². The summed E-state index contributed by atoms with van der Waals surface area (Å²) < 4.78 is 10.7. The van der Waals surface area contributed by atoms with Crippen LogP contribution < -0.4 is 14.4 Å². The van der Waals surface area contributed by atoms with Crippen LogP contribution in [0.5, 0.6) is 17.2 Å². The molecule has 2 aromatic rings. The Bertz CT molecular complexity index is 848. The fourth-order valence-electron chi connectivity index (χ4n) is 3.75. The van der Waals surface area contributed by atoms with E-state index in [1.165, 1.54) is 17.4 Å². The number of hydrogen-bond acceptors (Lipinski definition) is 6. The number of thiophene rings is 1. The van der Waals surface area contributed by atoms with Crippen molar-refractivity contribution in [2.45, 2.75) is 31.6 Å². The Labute approximate surface area is 155 Å². The molecular weight excluding hydrogens is 354 g/mol. The van der Waals surface area contributed by atoms with Gasteiger partial charge in [0.25, 0.3) is 0 Å². The minimum absolute atomic E-state index is 0.0751. The monoisotopic (exact) mass is 375 g/mol. The molecule has 1 unspecified atom stereocenters. The van der Waals surface area contributed by atoms with Crippen LogP contribution in [0, 0.1) is 0 Å². The molecule has 0 saturated carbocycles. The van der Waals surface area contributed by atoms with Gasteiger partial charge in [0.1, 0.15) is 11.2 Å². The quantitative estimate of drug-likeness (QED) is 0.759. The van der Waals surface area contributed by atoms with Crippen molar-refractivity contribution in [1.29, 1.82) is 0 Å². The number of benzene rings is 1. The third kappa shape index (κ3) is 2.30. The first kappa shape index (κ1) is 17.2. The van der Waals surface area contributed by atoms with Crippen LogP contribution in [-0.4, -0.2) is 36.1 Å². The lowest BCUT2D eigenvalue weighted by atomic mass is 9.79. The average Bonchev–Trinajstić information content (AvgIpc) is 3.33. The number of carbonyl (C=O) groups excluding carboxylic acids is 1. The molecule has 1 aromatic heterocycles. The molecule has 1 aromatic carbocycles. The Kier molecular flexibility index (Phi) is 4.28. The molecule has 0 bridgehead atoms. The van der Waals surface area contributed by atoms with Crippen LogP contribution >= 0.6 is 11.3 Å². The minimum atomic E-state index is -1.30. The Balaban J connectivity index is 1.82. The van der Waals surface area contributed by atoms with E-state index in [0.29, 0.717) is 23.6 Å². The van der Waals surface area contributed by atoms with Crippen molar-refractivity contribution in [3.63, 3.8) is 0 Å². The number of aromatic hydroxyl groups is 1. The molecule has 0 radical (unpaired) electrons. The number of nitrogens with zero attached hydrogens (tertiary/aromatic N) is 1. The summed E-state index contributed by atoms with van der Waals surface area (Å²) in [6, 6.07) is 4.98. The van der Waals surface area contributed by atoms with Crippen LogP contribution in [-0.2, 0) is 10.2 Å². The maximum atomic E-state index is 13.4. The van der Waals surface area contributed by atoms with E-state index in [1.807, 2.05) is 11.4 Å². The second kappa shape index (κ2) is 6.48. The average molecular weight is 375 g/mol. The summed E-state index contributed by atoms with van der Waals surface area (Å²) in [5, 5.41) is 22.9. The third-order valence-corrected chi connectivity index (χ3v) is 6.17. The van der Waals surface area contributed by atoms with Gasteiger partial charge in [0.15, 0.2) is 11.5 Å². The van der Waals surface area contributed by atoms with Gasteiger partial charge in [0.2, 0.25) is 12.7 Å². The summed E-state index contributed by atoms with van der Waals surface area (Å²) in [6.07, 6.45) is 2.99. The number of aliphatic hydroxyl groups is 1. The fourth-order valence-corrected chi connectivity index (χ4v) is 4.84. The summed E-state index contributed by atoms with van der Waals surface area (Å²) in [7, 11) is 0. The number of ether oxygens (including phenoxy) is 2. The highest BCUT2D eigenvalue weighted by Gasteiger charge is 2.54. The predicted molar refractivity (Wildman–Crippen MR) is 98.3 cm³/mol. The lowest BCUT2D eigenvalue weighted by Gasteiger charge is -2.28. The Morgan fingerprint density at radius 1 is 1.27 bits per heavy atom. The van der Waals surface area contributed by atoms with Crippen molar-refractivity contribution in [3.05, 3.63) is 34.0 Å². The van der Waals surface area contributed by atoms with E-state index in [9.17, 15) is 15.0 Å². The predicted octanol–water partition coefficient (Wildman–Crippen LogP) is 3.00. The van der Waals surface area contributed by atoms with Crippen LogP contribution in [0.25, 0.3) is 0 Å². The van der Waals surface area contributed by atoms with Gasteiger partial charge in [-0.1, -0.05) is 19.8 Å². The SMILES string of the molecule is CCCCCN1C(=O)C(CO)(c2cc3c(cc2O)OCO3)c2sccc21. The van der Waals surface area contributed by atoms with Crippen LogP contribution in [0.1, 0.15) is 36.6 Å². The Morgan fingerprint density at radius 3 is 2.77 bits per heavy atom. The molecule has 1 atom stereocenters. The number of amides is 1. The number of rotatable bonds is 6. The summed E-state index contributed by atoms with van der Waals surface area (Å²) in [5.41, 5.74) is -0.126. The van der Waals surface area contributed by atoms with E-state index >= 15 is 0 Å². The van der Waals surface area contributed by atoms with Crippen molar-refractivity contribution in [2.75, 3.05) is 24.8 Å². The number of phenols is 1. The lowest BCUT2D eigenvalue weighted by molar-refractivity contribution is -0.123. The van der Waals surface area contributed by atoms with Crippen molar-refractivity contribution < 1.29 is 24.5 Å². The number of fused-ring (bicyclic) bond motifs is 2. The van der Waals surface area contributed by atoms with E-state index in [4.69, 9.17) is 9.47 Å². The molecule has 2 aliphatic rings. The number of unbranched alkanes of at least 4 members (excludes halogenated alkanes) is 2. The van der Waals surface area contributed by atoms with Crippen LogP contribution in [0.2, 0.25) is 0 Å². The molecule has 1 amide bonds.